The van der Waals surface area contributed by atoms with Crippen LogP contribution in [0.3, 0.4) is 0 Å². The van der Waals surface area contributed by atoms with Crippen LogP contribution >= 0.6 is 0 Å². The first-order valence-corrected chi connectivity index (χ1v) is 8.43. The van der Waals surface area contributed by atoms with Gasteiger partial charge in [-0.15, -0.1) is 0 Å². The van der Waals surface area contributed by atoms with Crippen molar-refractivity contribution in [3.63, 3.8) is 0 Å². The van der Waals surface area contributed by atoms with Gasteiger partial charge >= 0.3 is 0 Å². The molecule has 2 aromatic rings. The lowest BCUT2D eigenvalue weighted by atomic mass is 10.1. The average Bonchev–Trinajstić information content (AvgIpc) is 3.21. The molecule has 0 radical (unpaired) electrons. The summed E-state index contributed by atoms with van der Waals surface area (Å²) in [6.07, 6.45) is 7.42. The van der Waals surface area contributed by atoms with E-state index in [0.717, 1.165) is 24.9 Å². The Morgan fingerprint density at radius 2 is 2.21 bits per heavy atom. The molecule has 1 amide bonds. The molecule has 0 unspecified atom stereocenters. The molecule has 3 rings (SSSR count). The van der Waals surface area contributed by atoms with Crippen LogP contribution in [0.5, 0.6) is 5.88 Å². The minimum atomic E-state index is 0.0178. The zero-order valence-electron chi connectivity index (χ0n) is 14.5. The predicted octanol–water partition coefficient (Wildman–Crippen LogP) is 2.83. The third kappa shape index (κ3) is 3.58. The highest BCUT2D eigenvalue weighted by atomic mass is 16.5. The third-order valence-electron chi connectivity index (χ3n) is 4.17. The molecular formula is C18H24N4O2. The van der Waals surface area contributed by atoms with Gasteiger partial charge in [0.05, 0.1) is 24.4 Å². The van der Waals surface area contributed by atoms with Crippen molar-refractivity contribution in [3.05, 3.63) is 41.9 Å². The molecule has 1 saturated heterocycles. The highest BCUT2D eigenvalue weighted by molar-refractivity contribution is 5.94. The van der Waals surface area contributed by atoms with Gasteiger partial charge in [-0.25, -0.2) is 4.98 Å². The van der Waals surface area contributed by atoms with Gasteiger partial charge in [-0.1, -0.05) is 13.8 Å². The maximum Gasteiger partial charge on any atom is 0.255 e. The molecule has 0 spiro atoms. The number of rotatable bonds is 5. The van der Waals surface area contributed by atoms with E-state index in [1.807, 2.05) is 24.3 Å². The number of ether oxygens (including phenoxy) is 1. The Hall–Kier alpha value is -2.37. The van der Waals surface area contributed by atoms with Crippen LogP contribution in [0.1, 0.15) is 48.7 Å². The van der Waals surface area contributed by atoms with E-state index < -0.39 is 0 Å². The smallest absolute Gasteiger partial charge is 0.255 e. The Labute approximate surface area is 142 Å². The molecule has 128 valence electrons. The first kappa shape index (κ1) is 16.5. The fraction of sp³-hybridized carbons (Fsp3) is 0.500. The SMILES string of the molecule is CC(C)COc1ccc(C(=O)N2CCC[C@@H]2c2cnn(C)c2)cn1. The van der Waals surface area contributed by atoms with Crippen LogP contribution in [0.2, 0.25) is 0 Å². The number of likely N-dealkylation sites (tertiary alicyclic amines) is 1. The van der Waals surface area contributed by atoms with Gasteiger partial charge in [0.15, 0.2) is 0 Å². The molecule has 1 fully saturated rings. The van der Waals surface area contributed by atoms with Crippen molar-refractivity contribution in [2.45, 2.75) is 32.7 Å². The van der Waals surface area contributed by atoms with Crippen LogP contribution in [0.15, 0.2) is 30.7 Å². The lowest BCUT2D eigenvalue weighted by Crippen LogP contribution is -2.30. The van der Waals surface area contributed by atoms with Gasteiger partial charge in [0.2, 0.25) is 5.88 Å². The van der Waals surface area contributed by atoms with E-state index in [4.69, 9.17) is 4.74 Å². The van der Waals surface area contributed by atoms with Crippen molar-refractivity contribution in [1.82, 2.24) is 19.7 Å². The van der Waals surface area contributed by atoms with Crippen LogP contribution in [0.25, 0.3) is 0 Å². The summed E-state index contributed by atoms with van der Waals surface area (Å²) in [5, 5.41) is 4.22. The van der Waals surface area contributed by atoms with Gasteiger partial charge in [0.25, 0.3) is 5.91 Å². The van der Waals surface area contributed by atoms with Gasteiger partial charge < -0.3 is 9.64 Å². The second-order valence-electron chi connectivity index (χ2n) is 6.69. The van der Waals surface area contributed by atoms with Crippen molar-refractivity contribution < 1.29 is 9.53 Å². The molecule has 0 bridgehead atoms. The number of amides is 1. The molecule has 24 heavy (non-hydrogen) atoms. The molecule has 2 aromatic heterocycles. The number of pyridine rings is 1. The zero-order valence-corrected chi connectivity index (χ0v) is 14.5. The van der Waals surface area contributed by atoms with E-state index in [2.05, 4.69) is 23.9 Å². The van der Waals surface area contributed by atoms with Crippen molar-refractivity contribution in [1.29, 1.82) is 0 Å². The predicted molar refractivity (Wildman–Crippen MR) is 90.8 cm³/mol. The minimum absolute atomic E-state index is 0.0178. The second kappa shape index (κ2) is 7.03. The lowest BCUT2D eigenvalue weighted by molar-refractivity contribution is 0.0735. The lowest BCUT2D eigenvalue weighted by Gasteiger charge is -2.24. The maximum absolute atomic E-state index is 12.8. The fourth-order valence-electron chi connectivity index (χ4n) is 2.98. The standard InChI is InChI=1S/C18H24N4O2/c1-13(2)12-24-17-7-6-14(9-19-17)18(23)22-8-4-5-16(22)15-10-20-21(3)11-15/h6-7,9-11,13,16H,4-5,8,12H2,1-3H3/t16-/m1/s1. The largest absolute Gasteiger partial charge is 0.477 e. The van der Waals surface area contributed by atoms with E-state index in [9.17, 15) is 4.79 Å². The van der Waals surface area contributed by atoms with E-state index in [-0.39, 0.29) is 11.9 Å². The van der Waals surface area contributed by atoms with E-state index in [1.54, 1.807) is 23.0 Å². The number of carbonyl (C=O) groups excluding carboxylic acids is 1. The molecule has 6 heteroatoms. The molecule has 3 heterocycles. The number of hydrogen-bond donors (Lipinski definition) is 0. The van der Waals surface area contributed by atoms with Crippen LogP contribution in [-0.2, 0) is 7.05 Å². The Morgan fingerprint density at radius 3 is 2.83 bits per heavy atom. The Kier molecular flexibility index (Phi) is 4.83. The Morgan fingerprint density at radius 1 is 1.38 bits per heavy atom. The molecule has 0 aliphatic carbocycles. The topological polar surface area (TPSA) is 60.2 Å². The summed E-state index contributed by atoms with van der Waals surface area (Å²) in [7, 11) is 1.89. The van der Waals surface area contributed by atoms with E-state index in [1.165, 1.54) is 0 Å². The molecule has 6 nitrogen and oxygen atoms in total. The van der Waals surface area contributed by atoms with Gasteiger partial charge in [-0.2, -0.15) is 5.10 Å². The normalized spacial score (nSPS) is 17.5. The molecule has 1 atom stereocenters. The van der Waals surface area contributed by atoms with Gasteiger partial charge in [-0.05, 0) is 24.8 Å². The summed E-state index contributed by atoms with van der Waals surface area (Å²) in [6, 6.07) is 3.66. The van der Waals surface area contributed by atoms with Crippen molar-refractivity contribution in [2.24, 2.45) is 13.0 Å². The quantitative estimate of drug-likeness (QED) is 0.847. The van der Waals surface area contributed by atoms with E-state index in [0.29, 0.717) is 24.0 Å². The summed E-state index contributed by atoms with van der Waals surface area (Å²) in [5.74, 6) is 1.02. The molecule has 1 aliphatic heterocycles. The van der Waals surface area contributed by atoms with Crippen LogP contribution in [-0.4, -0.2) is 38.7 Å². The summed E-state index contributed by atoms with van der Waals surface area (Å²) >= 11 is 0. The Bertz CT molecular complexity index is 693. The van der Waals surface area contributed by atoms with Crippen molar-refractivity contribution in [2.75, 3.05) is 13.2 Å². The fourth-order valence-corrected chi connectivity index (χ4v) is 2.98. The number of nitrogens with zero attached hydrogens (tertiary/aromatic N) is 4. The molecule has 0 N–H and O–H groups in total. The van der Waals surface area contributed by atoms with E-state index >= 15 is 0 Å². The second-order valence-corrected chi connectivity index (χ2v) is 6.69. The number of carbonyl (C=O) groups is 1. The summed E-state index contributed by atoms with van der Waals surface area (Å²) in [4.78, 5) is 19.0. The highest BCUT2D eigenvalue weighted by Crippen LogP contribution is 2.32. The van der Waals surface area contributed by atoms with Crippen molar-refractivity contribution in [3.8, 4) is 5.88 Å². The molecule has 0 saturated carbocycles. The van der Waals surface area contributed by atoms with Crippen LogP contribution < -0.4 is 4.74 Å². The molecular weight excluding hydrogens is 304 g/mol. The summed E-state index contributed by atoms with van der Waals surface area (Å²) in [5.41, 5.74) is 1.69. The molecule has 0 aromatic carbocycles. The summed E-state index contributed by atoms with van der Waals surface area (Å²) in [6.45, 7) is 5.56. The highest BCUT2D eigenvalue weighted by Gasteiger charge is 2.31. The summed E-state index contributed by atoms with van der Waals surface area (Å²) < 4.78 is 7.35. The molecule has 1 aliphatic rings. The maximum atomic E-state index is 12.8. The average molecular weight is 328 g/mol. The van der Waals surface area contributed by atoms with Gasteiger partial charge in [0, 0.05) is 37.6 Å². The van der Waals surface area contributed by atoms with Gasteiger partial charge in [0.1, 0.15) is 0 Å². The van der Waals surface area contributed by atoms with Crippen molar-refractivity contribution >= 4 is 5.91 Å². The van der Waals surface area contributed by atoms with Gasteiger partial charge in [-0.3, -0.25) is 9.48 Å². The number of aryl methyl sites for hydroxylation is 1. The first-order valence-electron chi connectivity index (χ1n) is 8.43. The minimum Gasteiger partial charge on any atom is -0.477 e. The third-order valence-corrected chi connectivity index (χ3v) is 4.17. The Balaban J connectivity index is 1.71. The first-order chi connectivity index (χ1) is 11.5. The number of aromatic nitrogens is 3. The number of hydrogen-bond acceptors (Lipinski definition) is 4. The van der Waals surface area contributed by atoms with Crippen LogP contribution in [0, 0.1) is 5.92 Å². The monoisotopic (exact) mass is 328 g/mol. The zero-order chi connectivity index (χ0) is 17.1. The van der Waals surface area contributed by atoms with Crippen LogP contribution in [0.4, 0.5) is 0 Å².